The summed E-state index contributed by atoms with van der Waals surface area (Å²) in [6.45, 7) is 4.95. The summed E-state index contributed by atoms with van der Waals surface area (Å²) in [6.07, 6.45) is 2.96. The van der Waals surface area contributed by atoms with Crippen LogP contribution in [-0.2, 0) is 13.0 Å². The number of nitrogens with one attached hydrogen (secondary N) is 1. The Balaban J connectivity index is 1.92. The molecule has 0 saturated carbocycles. The number of aryl methyl sites for hydroxylation is 1. The van der Waals surface area contributed by atoms with Crippen molar-refractivity contribution in [3.05, 3.63) is 38.0 Å². The van der Waals surface area contributed by atoms with E-state index in [0.717, 1.165) is 22.9 Å². The molecule has 1 amide bonds. The van der Waals surface area contributed by atoms with E-state index in [9.17, 15) is 4.79 Å². The highest BCUT2D eigenvalue weighted by Crippen LogP contribution is 2.21. The molecular weight excluding hydrogens is 278 g/mol. The van der Waals surface area contributed by atoms with E-state index in [0.29, 0.717) is 5.56 Å². The minimum Gasteiger partial charge on any atom is -0.366 e. The van der Waals surface area contributed by atoms with E-state index in [4.69, 9.17) is 5.73 Å². The maximum atomic E-state index is 11.0. The fraction of sp³-hybridized carbons (Fsp3) is 0.385. The van der Waals surface area contributed by atoms with Gasteiger partial charge in [0.25, 0.3) is 0 Å². The molecule has 0 aliphatic heterocycles. The minimum absolute atomic E-state index is 0.212. The standard InChI is InChI=1S/C13H17N3OS2/c1-3-10-5-16-13(19-10)8(2)15-6-11-4-9(7-18-11)12(14)17/h4-5,7-8,15H,3,6H2,1-2H3,(H2,14,17). The number of amides is 1. The molecule has 2 aromatic heterocycles. The first-order valence-corrected chi connectivity index (χ1v) is 7.85. The first-order valence-electron chi connectivity index (χ1n) is 6.15. The Hall–Kier alpha value is -1.24. The average Bonchev–Trinajstić information content (AvgIpc) is 3.04. The molecule has 0 aliphatic rings. The summed E-state index contributed by atoms with van der Waals surface area (Å²) in [5.74, 6) is -0.372. The summed E-state index contributed by atoms with van der Waals surface area (Å²) in [4.78, 5) is 17.8. The van der Waals surface area contributed by atoms with Crippen molar-refractivity contribution in [1.82, 2.24) is 10.3 Å². The van der Waals surface area contributed by atoms with Crippen LogP contribution >= 0.6 is 22.7 Å². The van der Waals surface area contributed by atoms with Crippen LogP contribution in [0.15, 0.2) is 17.6 Å². The molecule has 0 aliphatic carbocycles. The van der Waals surface area contributed by atoms with Crippen LogP contribution in [0.25, 0.3) is 0 Å². The largest absolute Gasteiger partial charge is 0.366 e. The molecule has 1 atom stereocenters. The van der Waals surface area contributed by atoms with Gasteiger partial charge in [-0.2, -0.15) is 0 Å². The van der Waals surface area contributed by atoms with Gasteiger partial charge in [-0.15, -0.1) is 22.7 Å². The fourth-order valence-electron chi connectivity index (χ4n) is 1.63. The molecule has 2 rings (SSSR count). The van der Waals surface area contributed by atoms with Crippen LogP contribution in [-0.4, -0.2) is 10.9 Å². The van der Waals surface area contributed by atoms with E-state index in [2.05, 4.69) is 24.1 Å². The van der Waals surface area contributed by atoms with Gasteiger partial charge in [-0.1, -0.05) is 6.92 Å². The van der Waals surface area contributed by atoms with E-state index in [-0.39, 0.29) is 11.9 Å². The molecule has 2 aromatic rings. The molecule has 0 radical (unpaired) electrons. The molecule has 0 spiro atoms. The number of thiophene rings is 1. The lowest BCUT2D eigenvalue weighted by atomic mass is 10.3. The third-order valence-corrected chi connectivity index (χ3v) is 5.07. The maximum Gasteiger partial charge on any atom is 0.249 e. The monoisotopic (exact) mass is 295 g/mol. The Morgan fingerprint density at radius 2 is 2.32 bits per heavy atom. The maximum absolute atomic E-state index is 11.0. The summed E-state index contributed by atoms with van der Waals surface area (Å²) in [7, 11) is 0. The van der Waals surface area contributed by atoms with Gasteiger partial charge < -0.3 is 11.1 Å². The number of rotatable bonds is 6. The number of nitrogens with two attached hydrogens (primary N) is 1. The van der Waals surface area contributed by atoms with Crippen LogP contribution in [0.4, 0.5) is 0 Å². The van der Waals surface area contributed by atoms with E-state index in [1.807, 2.05) is 12.3 Å². The highest BCUT2D eigenvalue weighted by atomic mass is 32.1. The zero-order valence-corrected chi connectivity index (χ0v) is 12.6. The van der Waals surface area contributed by atoms with Crippen LogP contribution < -0.4 is 11.1 Å². The Morgan fingerprint density at radius 3 is 2.89 bits per heavy atom. The van der Waals surface area contributed by atoms with Crippen molar-refractivity contribution in [1.29, 1.82) is 0 Å². The van der Waals surface area contributed by atoms with Crippen LogP contribution in [0, 0.1) is 0 Å². The van der Waals surface area contributed by atoms with Crippen LogP contribution in [0.5, 0.6) is 0 Å². The van der Waals surface area contributed by atoms with Crippen LogP contribution in [0.1, 0.15) is 45.0 Å². The Labute approximate surface area is 120 Å². The zero-order chi connectivity index (χ0) is 13.8. The SMILES string of the molecule is CCc1cnc(C(C)NCc2cc(C(N)=O)cs2)s1. The Bertz CT molecular complexity index is 562. The molecule has 0 bridgehead atoms. The van der Waals surface area contributed by atoms with Crippen molar-refractivity contribution in [3.63, 3.8) is 0 Å². The minimum atomic E-state index is -0.372. The molecule has 2 heterocycles. The normalized spacial score (nSPS) is 12.5. The lowest BCUT2D eigenvalue weighted by molar-refractivity contribution is 0.100. The molecular formula is C13H17N3OS2. The van der Waals surface area contributed by atoms with Gasteiger partial charge in [-0.05, 0) is 19.4 Å². The third kappa shape index (κ3) is 3.62. The van der Waals surface area contributed by atoms with Gasteiger partial charge in [0.15, 0.2) is 0 Å². The molecule has 4 nitrogen and oxygen atoms in total. The van der Waals surface area contributed by atoms with E-state index in [1.165, 1.54) is 4.88 Å². The summed E-state index contributed by atoms with van der Waals surface area (Å²) >= 11 is 3.29. The number of carbonyl (C=O) groups is 1. The van der Waals surface area contributed by atoms with Crippen molar-refractivity contribution >= 4 is 28.6 Å². The number of hydrogen-bond acceptors (Lipinski definition) is 5. The summed E-state index contributed by atoms with van der Waals surface area (Å²) in [5.41, 5.74) is 5.81. The number of nitrogens with zero attached hydrogens (tertiary/aromatic N) is 1. The Morgan fingerprint density at radius 1 is 1.53 bits per heavy atom. The van der Waals surface area contributed by atoms with E-state index >= 15 is 0 Å². The third-order valence-electron chi connectivity index (χ3n) is 2.81. The second-order valence-corrected chi connectivity index (χ2v) is 6.43. The van der Waals surface area contributed by atoms with Crippen molar-refractivity contribution in [3.8, 4) is 0 Å². The van der Waals surface area contributed by atoms with Crippen molar-refractivity contribution in [2.24, 2.45) is 5.73 Å². The van der Waals surface area contributed by atoms with Crippen LogP contribution in [0.3, 0.4) is 0 Å². The summed E-state index contributed by atoms with van der Waals surface area (Å²) in [5, 5.41) is 6.31. The predicted octanol–water partition coefficient (Wildman–Crippen LogP) is 2.72. The molecule has 6 heteroatoms. The summed E-state index contributed by atoms with van der Waals surface area (Å²) in [6, 6.07) is 2.05. The quantitative estimate of drug-likeness (QED) is 0.861. The zero-order valence-electron chi connectivity index (χ0n) is 11.0. The van der Waals surface area contributed by atoms with Crippen LogP contribution in [0.2, 0.25) is 0 Å². The van der Waals surface area contributed by atoms with Gasteiger partial charge in [-0.25, -0.2) is 4.98 Å². The highest BCUT2D eigenvalue weighted by Gasteiger charge is 2.11. The predicted molar refractivity (Wildman–Crippen MR) is 79.6 cm³/mol. The second-order valence-electron chi connectivity index (χ2n) is 4.29. The lowest BCUT2D eigenvalue weighted by Gasteiger charge is -2.09. The lowest BCUT2D eigenvalue weighted by Crippen LogP contribution is -2.17. The van der Waals surface area contributed by atoms with Crippen molar-refractivity contribution in [2.75, 3.05) is 0 Å². The highest BCUT2D eigenvalue weighted by molar-refractivity contribution is 7.11. The van der Waals surface area contributed by atoms with Gasteiger partial charge in [0, 0.05) is 27.9 Å². The molecule has 0 saturated heterocycles. The van der Waals surface area contributed by atoms with Gasteiger partial charge in [-0.3, -0.25) is 4.79 Å². The first-order chi connectivity index (χ1) is 9.10. The number of carbonyl (C=O) groups excluding carboxylic acids is 1. The summed E-state index contributed by atoms with van der Waals surface area (Å²) < 4.78 is 0. The van der Waals surface area contributed by atoms with Gasteiger partial charge in [0.05, 0.1) is 11.6 Å². The van der Waals surface area contributed by atoms with Gasteiger partial charge >= 0.3 is 0 Å². The average molecular weight is 295 g/mol. The Kier molecular flexibility index (Phi) is 4.68. The first kappa shape index (κ1) is 14.2. The number of thiazole rings is 1. The number of primary amides is 1. The molecule has 0 aromatic carbocycles. The van der Waals surface area contributed by atoms with Crippen molar-refractivity contribution in [2.45, 2.75) is 32.9 Å². The molecule has 1 unspecified atom stereocenters. The smallest absolute Gasteiger partial charge is 0.249 e. The molecule has 19 heavy (non-hydrogen) atoms. The van der Waals surface area contributed by atoms with Gasteiger partial charge in [0.1, 0.15) is 5.01 Å². The topological polar surface area (TPSA) is 68.0 Å². The number of aromatic nitrogens is 1. The van der Waals surface area contributed by atoms with Gasteiger partial charge in [0.2, 0.25) is 5.91 Å². The van der Waals surface area contributed by atoms with Crippen molar-refractivity contribution < 1.29 is 4.79 Å². The van der Waals surface area contributed by atoms with E-state index in [1.54, 1.807) is 28.1 Å². The molecule has 0 fully saturated rings. The second kappa shape index (κ2) is 6.27. The number of hydrogen-bond donors (Lipinski definition) is 2. The molecule has 102 valence electrons. The van der Waals surface area contributed by atoms with E-state index < -0.39 is 0 Å². The molecule has 3 N–H and O–H groups in total. The fourth-order valence-corrected chi connectivity index (χ4v) is 3.34.